The van der Waals surface area contributed by atoms with Gasteiger partial charge in [-0.15, -0.1) is 0 Å². The van der Waals surface area contributed by atoms with Crippen LogP contribution in [0.25, 0.3) is 0 Å². The molecule has 1 heterocycles. The van der Waals surface area contributed by atoms with Crippen LogP contribution in [0, 0.1) is 15.9 Å². The molecule has 8 nitrogen and oxygen atoms in total. The minimum absolute atomic E-state index is 0.162. The minimum atomic E-state index is -1.20. The fourth-order valence-electron chi connectivity index (χ4n) is 2.55. The predicted molar refractivity (Wildman–Crippen MR) is 70.8 cm³/mol. The summed E-state index contributed by atoms with van der Waals surface area (Å²) in [4.78, 5) is 22.5. The van der Waals surface area contributed by atoms with Crippen molar-refractivity contribution >= 4 is 17.5 Å². The Balaban J connectivity index is 2.31. The van der Waals surface area contributed by atoms with Gasteiger partial charge >= 0.3 is 6.09 Å². The van der Waals surface area contributed by atoms with Crippen LogP contribution in [0.15, 0.2) is 18.2 Å². The van der Waals surface area contributed by atoms with E-state index in [1.54, 1.807) is 0 Å². The molecule has 0 saturated carbocycles. The standard InChI is InChI=1S/C12H14FN3O5/c13-7-1-2-10(11(3-7)16(20)21)15-5-8(14-12(18)19)4-9(15)6-17/h1-3,8-9,14,17H,4-6H2,(H,18,19)/t8-,9-/m0/s1. The predicted octanol–water partition coefficient (Wildman–Crippen LogP) is 0.941. The van der Waals surface area contributed by atoms with Gasteiger partial charge in [0.15, 0.2) is 0 Å². The minimum Gasteiger partial charge on any atom is -0.465 e. The van der Waals surface area contributed by atoms with Gasteiger partial charge < -0.3 is 20.4 Å². The third-order valence-electron chi connectivity index (χ3n) is 3.40. The maximum Gasteiger partial charge on any atom is 0.404 e. The summed E-state index contributed by atoms with van der Waals surface area (Å²) in [6.45, 7) is -0.115. The quantitative estimate of drug-likeness (QED) is 0.563. The number of hydrogen-bond donors (Lipinski definition) is 3. The molecule has 0 radical (unpaired) electrons. The van der Waals surface area contributed by atoms with Gasteiger partial charge in [-0.05, 0) is 18.6 Å². The highest BCUT2D eigenvalue weighted by Gasteiger charge is 2.35. The van der Waals surface area contributed by atoms with Gasteiger partial charge in [0, 0.05) is 6.54 Å². The van der Waals surface area contributed by atoms with E-state index in [2.05, 4.69) is 5.32 Å². The molecule has 1 aliphatic heterocycles. The van der Waals surface area contributed by atoms with E-state index in [4.69, 9.17) is 5.11 Å². The number of nitrogens with zero attached hydrogens (tertiary/aromatic N) is 2. The second kappa shape index (κ2) is 5.92. The molecule has 9 heteroatoms. The first kappa shape index (κ1) is 15.0. The van der Waals surface area contributed by atoms with Crippen molar-refractivity contribution in [2.24, 2.45) is 0 Å². The normalized spacial score (nSPS) is 21.3. The monoisotopic (exact) mass is 299 g/mol. The third kappa shape index (κ3) is 3.19. The van der Waals surface area contributed by atoms with Crippen molar-refractivity contribution in [3.8, 4) is 0 Å². The Labute approximate surface area is 118 Å². The smallest absolute Gasteiger partial charge is 0.404 e. The van der Waals surface area contributed by atoms with Gasteiger partial charge in [0.25, 0.3) is 5.69 Å². The molecule has 2 atom stereocenters. The summed E-state index contributed by atoms with van der Waals surface area (Å²) in [6, 6.07) is 2.24. The van der Waals surface area contributed by atoms with Gasteiger partial charge in [-0.1, -0.05) is 0 Å². The van der Waals surface area contributed by atoms with Crippen LogP contribution in [-0.2, 0) is 0 Å². The summed E-state index contributed by atoms with van der Waals surface area (Å²) >= 11 is 0. The highest BCUT2D eigenvalue weighted by molar-refractivity contribution is 5.67. The molecule has 1 aromatic rings. The Hall–Kier alpha value is -2.42. The average Bonchev–Trinajstić information content (AvgIpc) is 2.80. The number of aliphatic hydroxyl groups is 1. The maximum absolute atomic E-state index is 13.2. The van der Waals surface area contributed by atoms with Crippen molar-refractivity contribution in [2.75, 3.05) is 18.1 Å². The van der Waals surface area contributed by atoms with E-state index in [0.717, 1.165) is 12.1 Å². The number of halogens is 1. The first-order chi connectivity index (χ1) is 9.92. The van der Waals surface area contributed by atoms with Crippen molar-refractivity contribution in [3.05, 3.63) is 34.1 Å². The number of anilines is 1. The number of nitro benzene ring substituents is 1. The second-order valence-corrected chi connectivity index (χ2v) is 4.76. The third-order valence-corrected chi connectivity index (χ3v) is 3.40. The molecular weight excluding hydrogens is 285 g/mol. The van der Waals surface area contributed by atoms with Gasteiger partial charge in [0.05, 0.1) is 29.7 Å². The first-order valence-electron chi connectivity index (χ1n) is 6.23. The van der Waals surface area contributed by atoms with Gasteiger partial charge in [-0.25, -0.2) is 9.18 Å². The Morgan fingerprint density at radius 1 is 1.57 bits per heavy atom. The van der Waals surface area contributed by atoms with Gasteiger partial charge in [-0.2, -0.15) is 0 Å². The average molecular weight is 299 g/mol. The maximum atomic E-state index is 13.2. The number of hydrogen-bond acceptors (Lipinski definition) is 5. The van der Waals surface area contributed by atoms with Crippen LogP contribution >= 0.6 is 0 Å². The van der Waals surface area contributed by atoms with Crippen molar-refractivity contribution in [1.29, 1.82) is 0 Å². The summed E-state index contributed by atoms with van der Waals surface area (Å²) in [7, 11) is 0. The highest BCUT2D eigenvalue weighted by atomic mass is 19.1. The number of benzene rings is 1. The molecule has 1 amide bonds. The molecule has 114 valence electrons. The lowest BCUT2D eigenvalue weighted by Crippen LogP contribution is -2.36. The molecule has 0 bridgehead atoms. The number of aliphatic hydroxyl groups excluding tert-OH is 1. The number of amides is 1. The molecule has 0 aromatic heterocycles. The lowest BCUT2D eigenvalue weighted by molar-refractivity contribution is -0.384. The van der Waals surface area contributed by atoms with Gasteiger partial charge in [0.1, 0.15) is 11.5 Å². The number of carboxylic acid groups (broad SMARTS) is 1. The molecule has 21 heavy (non-hydrogen) atoms. The molecule has 1 fully saturated rings. The first-order valence-corrected chi connectivity index (χ1v) is 6.23. The summed E-state index contributed by atoms with van der Waals surface area (Å²) < 4.78 is 13.2. The van der Waals surface area contributed by atoms with E-state index < -0.39 is 34.6 Å². The molecule has 1 aliphatic rings. The van der Waals surface area contributed by atoms with E-state index in [0.29, 0.717) is 6.42 Å². The Morgan fingerprint density at radius 2 is 2.29 bits per heavy atom. The highest BCUT2D eigenvalue weighted by Crippen LogP contribution is 2.34. The summed E-state index contributed by atoms with van der Waals surface area (Å²) in [5, 5.41) is 31.4. The zero-order valence-corrected chi connectivity index (χ0v) is 10.9. The van der Waals surface area contributed by atoms with E-state index in [1.165, 1.54) is 11.0 Å². The van der Waals surface area contributed by atoms with Crippen LogP contribution < -0.4 is 10.2 Å². The van der Waals surface area contributed by atoms with E-state index in [9.17, 15) is 24.4 Å². The number of rotatable bonds is 4. The van der Waals surface area contributed by atoms with E-state index in [-0.39, 0.29) is 18.8 Å². The van der Waals surface area contributed by atoms with Crippen molar-refractivity contribution in [2.45, 2.75) is 18.5 Å². The van der Waals surface area contributed by atoms with Crippen LogP contribution in [0.3, 0.4) is 0 Å². The largest absolute Gasteiger partial charge is 0.465 e. The zero-order chi connectivity index (χ0) is 15.6. The van der Waals surface area contributed by atoms with Crippen LogP contribution in [0.2, 0.25) is 0 Å². The molecule has 0 unspecified atom stereocenters. The topological polar surface area (TPSA) is 116 Å². The van der Waals surface area contributed by atoms with Crippen LogP contribution in [0.5, 0.6) is 0 Å². The fraction of sp³-hybridized carbons (Fsp3) is 0.417. The van der Waals surface area contributed by atoms with Gasteiger partial charge in [0.2, 0.25) is 0 Å². The zero-order valence-electron chi connectivity index (χ0n) is 10.9. The summed E-state index contributed by atoms with van der Waals surface area (Å²) in [5.41, 5.74) is -0.250. The van der Waals surface area contributed by atoms with Crippen molar-refractivity contribution in [1.82, 2.24) is 5.32 Å². The van der Waals surface area contributed by atoms with E-state index in [1.807, 2.05) is 0 Å². The molecule has 0 aliphatic carbocycles. The molecule has 2 rings (SSSR count). The van der Waals surface area contributed by atoms with Crippen molar-refractivity contribution < 1.29 is 24.3 Å². The number of carbonyl (C=O) groups is 1. The summed E-state index contributed by atoms with van der Waals surface area (Å²) in [5.74, 6) is -0.731. The molecule has 0 spiro atoms. The lowest BCUT2D eigenvalue weighted by atomic mass is 10.1. The Morgan fingerprint density at radius 3 is 2.86 bits per heavy atom. The number of nitrogens with one attached hydrogen (secondary N) is 1. The summed E-state index contributed by atoms with van der Waals surface area (Å²) in [6.07, 6.45) is -0.885. The Kier molecular flexibility index (Phi) is 4.22. The van der Waals surface area contributed by atoms with Gasteiger partial charge in [-0.3, -0.25) is 10.1 Å². The molecular formula is C12H14FN3O5. The van der Waals surface area contributed by atoms with Crippen LogP contribution in [0.4, 0.5) is 20.6 Å². The molecule has 1 saturated heterocycles. The molecule has 1 aromatic carbocycles. The fourth-order valence-corrected chi connectivity index (χ4v) is 2.55. The van der Waals surface area contributed by atoms with Crippen LogP contribution in [0.1, 0.15) is 6.42 Å². The molecule has 3 N–H and O–H groups in total. The number of nitro groups is 1. The van der Waals surface area contributed by atoms with Crippen LogP contribution in [-0.4, -0.2) is 46.5 Å². The SMILES string of the molecule is O=C(O)N[C@H]1C[C@@H](CO)N(c2ccc(F)cc2[N+](=O)[O-])C1. The second-order valence-electron chi connectivity index (χ2n) is 4.76. The van der Waals surface area contributed by atoms with Crippen molar-refractivity contribution in [3.63, 3.8) is 0 Å². The lowest BCUT2D eigenvalue weighted by Gasteiger charge is -2.24. The Bertz CT molecular complexity index is 568. The van der Waals surface area contributed by atoms with E-state index >= 15 is 0 Å².